The monoisotopic (exact) mass is 664 g/mol. The minimum Gasteiger partial charge on any atom is -0.480 e. The highest BCUT2D eigenvalue weighted by atomic mass is 16.6. The van der Waals surface area contributed by atoms with Crippen molar-refractivity contribution in [3.63, 3.8) is 0 Å². The topological polar surface area (TPSA) is 347 Å². The zero-order valence-corrected chi connectivity index (χ0v) is 25.6. The molecule has 0 saturated carbocycles. The lowest BCUT2D eigenvalue weighted by Gasteiger charge is -2.44. The zero-order valence-electron chi connectivity index (χ0n) is 25.6. The molecule has 20 nitrogen and oxygen atoms in total. The minimum atomic E-state index is -1.94. The molecule has 1 saturated heterocycles. The molecule has 1 aliphatic heterocycles. The summed E-state index contributed by atoms with van der Waals surface area (Å²) in [4.78, 5) is 87.4. The molecule has 20 heteroatoms. The Labute approximate surface area is 263 Å². The van der Waals surface area contributed by atoms with Crippen LogP contribution >= 0.6 is 0 Å². The van der Waals surface area contributed by atoms with Crippen LogP contribution in [0.1, 0.15) is 52.9 Å². The molecule has 0 aromatic heterocycles. The molecule has 262 valence electrons. The summed E-state index contributed by atoms with van der Waals surface area (Å²) in [5.74, 6) is -8.15. The molecular formula is C26H44N6O14. The number of primary amides is 2. The first-order valence-electron chi connectivity index (χ1n) is 14.3. The van der Waals surface area contributed by atoms with Crippen LogP contribution in [0.5, 0.6) is 0 Å². The quantitative estimate of drug-likeness (QED) is 0.0487. The zero-order chi connectivity index (χ0) is 35.5. The lowest BCUT2D eigenvalue weighted by molar-refractivity contribution is -0.267. The minimum absolute atomic E-state index is 0.121. The Hall–Kier alpha value is -3.79. The molecule has 0 spiro atoms. The SMILES string of the molecule is CC(=O)N[C@@H]1[C@@H](OC(C)C(=O)N(C(CCCC(N)C(N)=O)C(=O)O)[C@H](CCC(N)=O)C(=O)OC(=O)[C@H](C)N)[C@H](O)[C@@H](CO)O[C@@H]1O. The number of rotatable bonds is 18. The number of carboxylic acids is 1. The van der Waals surface area contributed by atoms with Crippen molar-refractivity contribution in [2.75, 3.05) is 6.61 Å². The van der Waals surface area contributed by atoms with Gasteiger partial charge in [-0.2, -0.15) is 0 Å². The second-order valence-corrected chi connectivity index (χ2v) is 10.8. The van der Waals surface area contributed by atoms with E-state index in [1.54, 1.807) is 0 Å². The first-order valence-corrected chi connectivity index (χ1v) is 14.3. The predicted octanol–water partition coefficient (Wildman–Crippen LogP) is -5.35. The van der Waals surface area contributed by atoms with Crippen molar-refractivity contribution in [2.24, 2.45) is 22.9 Å². The Morgan fingerprint density at radius 3 is 2.04 bits per heavy atom. The van der Waals surface area contributed by atoms with Gasteiger partial charge in [0, 0.05) is 13.3 Å². The molecule has 0 aliphatic carbocycles. The lowest BCUT2D eigenvalue weighted by atomic mass is 9.96. The van der Waals surface area contributed by atoms with Crippen LogP contribution in [0.2, 0.25) is 0 Å². The molecule has 0 aromatic rings. The number of ether oxygens (including phenoxy) is 3. The Bertz CT molecular complexity index is 1120. The summed E-state index contributed by atoms with van der Waals surface area (Å²) in [6, 6.07) is -7.82. The number of hydrogen-bond donors (Lipinski definition) is 9. The van der Waals surface area contributed by atoms with Crippen molar-refractivity contribution < 1.29 is 68.2 Å². The molecule has 0 radical (unpaired) electrons. The smallest absolute Gasteiger partial charge is 0.336 e. The van der Waals surface area contributed by atoms with Gasteiger partial charge in [-0.15, -0.1) is 0 Å². The van der Waals surface area contributed by atoms with Crippen LogP contribution in [0.15, 0.2) is 0 Å². The number of carbonyl (C=O) groups is 7. The second-order valence-electron chi connectivity index (χ2n) is 10.8. The number of nitrogens with two attached hydrogens (primary N) is 4. The maximum Gasteiger partial charge on any atom is 0.336 e. The summed E-state index contributed by atoms with van der Waals surface area (Å²) in [6.07, 6.45) is -10.3. The summed E-state index contributed by atoms with van der Waals surface area (Å²) in [7, 11) is 0. The van der Waals surface area contributed by atoms with E-state index in [0.717, 1.165) is 13.8 Å². The van der Waals surface area contributed by atoms with E-state index in [1.807, 2.05) is 0 Å². The first kappa shape index (κ1) is 40.2. The molecule has 13 N–H and O–H groups in total. The van der Waals surface area contributed by atoms with Gasteiger partial charge in [0.1, 0.15) is 48.6 Å². The van der Waals surface area contributed by atoms with Gasteiger partial charge in [-0.25, -0.2) is 14.4 Å². The van der Waals surface area contributed by atoms with E-state index in [1.165, 1.54) is 6.92 Å². The number of esters is 2. The number of nitrogens with zero attached hydrogens (tertiary/aromatic N) is 1. The molecule has 4 amide bonds. The van der Waals surface area contributed by atoms with Crippen LogP contribution < -0.4 is 28.3 Å². The Morgan fingerprint density at radius 2 is 1.57 bits per heavy atom. The molecule has 1 aliphatic rings. The van der Waals surface area contributed by atoms with E-state index in [4.69, 9.17) is 37.1 Å². The largest absolute Gasteiger partial charge is 0.480 e. The van der Waals surface area contributed by atoms with Crippen LogP contribution in [-0.2, 0) is 47.8 Å². The highest BCUT2D eigenvalue weighted by molar-refractivity contribution is 5.95. The number of nitrogens with one attached hydrogen (secondary N) is 1. The highest BCUT2D eigenvalue weighted by Crippen LogP contribution is 2.26. The molecule has 10 atom stereocenters. The number of amides is 4. The van der Waals surface area contributed by atoms with Crippen molar-refractivity contribution in [1.82, 2.24) is 10.2 Å². The van der Waals surface area contributed by atoms with E-state index in [9.17, 15) is 54.0 Å². The van der Waals surface area contributed by atoms with Crippen molar-refractivity contribution in [3.05, 3.63) is 0 Å². The molecule has 46 heavy (non-hydrogen) atoms. The van der Waals surface area contributed by atoms with E-state index in [-0.39, 0.29) is 12.8 Å². The first-order chi connectivity index (χ1) is 21.3. The Balaban J connectivity index is 3.65. The molecule has 1 heterocycles. The van der Waals surface area contributed by atoms with Crippen molar-refractivity contribution in [3.8, 4) is 0 Å². The van der Waals surface area contributed by atoms with Gasteiger partial charge in [-0.1, -0.05) is 0 Å². The lowest BCUT2D eigenvalue weighted by Crippen LogP contribution is -2.66. The van der Waals surface area contributed by atoms with Crippen LogP contribution in [-0.4, -0.2) is 134 Å². The van der Waals surface area contributed by atoms with Crippen LogP contribution in [0.4, 0.5) is 0 Å². The van der Waals surface area contributed by atoms with Crippen LogP contribution in [0.25, 0.3) is 0 Å². The van der Waals surface area contributed by atoms with Gasteiger partial charge in [0.05, 0.1) is 12.6 Å². The average Bonchev–Trinajstić information content (AvgIpc) is 2.95. The van der Waals surface area contributed by atoms with E-state index in [2.05, 4.69) is 5.32 Å². The standard InChI is InChI=1S/C26H44N6O14/c1-10(27)24(41)46-25(42)15(7-8-17(29)35)32(14(23(39)40)6-4-5-13(28)21(30)37)22(38)11(2)44-20-18(31-12(3)34)26(43)45-16(9-33)19(20)36/h10-11,13-16,18-20,26,33,36,43H,4-9,27-28H2,1-3H3,(H2,29,35)(H2,30,37)(H,31,34)(H,39,40)/t10-,11?,13?,14?,15+,16+,18+,19+,20+,26-/m0/s1. The maximum atomic E-state index is 14.0. The normalized spacial score (nSPS) is 24.4. The Kier molecular flexibility index (Phi) is 16.1. The fourth-order valence-electron chi connectivity index (χ4n) is 4.63. The Morgan fingerprint density at radius 1 is 0.957 bits per heavy atom. The summed E-state index contributed by atoms with van der Waals surface area (Å²) in [6.45, 7) is 2.54. The number of aliphatic carboxylic acids is 1. The molecule has 3 unspecified atom stereocenters. The van der Waals surface area contributed by atoms with Gasteiger partial charge < -0.3 is 67.8 Å². The van der Waals surface area contributed by atoms with Gasteiger partial charge in [0.25, 0.3) is 5.91 Å². The van der Waals surface area contributed by atoms with E-state index < -0.39 is 128 Å². The fourth-order valence-corrected chi connectivity index (χ4v) is 4.63. The molecule has 0 bridgehead atoms. The van der Waals surface area contributed by atoms with Crippen LogP contribution in [0, 0.1) is 0 Å². The van der Waals surface area contributed by atoms with Gasteiger partial charge in [-0.05, 0) is 39.5 Å². The highest BCUT2D eigenvalue weighted by Gasteiger charge is 2.48. The van der Waals surface area contributed by atoms with Gasteiger partial charge >= 0.3 is 17.9 Å². The number of carbonyl (C=O) groups excluding carboxylic acids is 6. The maximum absolute atomic E-state index is 14.0. The summed E-state index contributed by atoms with van der Waals surface area (Å²) in [5, 5.41) is 43.3. The number of aliphatic hydroxyl groups is 3. The van der Waals surface area contributed by atoms with Gasteiger partial charge in [-0.3, -0.25) is 19.2 Å². The predicted molar refractivity (Wildman–Crippen MR) is 152 cm³/mol. The third-order valence-corrected chi connectivity index (χ3v) is 7.03. The molecular weight excluding hydrogens is 620 g/mol. The van der Waals surface area contributed by atoms with E-state index >= 15 is 0 Å². The van der Waals surface area contributed by atoms with Crippen LogP contribution in [0.3, 0.4) is 0 Å². The fraction of sp³-hybridized carbons (Fsp3) is 0.731. The van der Waals surface area contributed by atoms with Crippen molar-refractivity contribution in [2.45, 2.75) is 114 Å². The third kappa shape index (κ3) is 11.5. The van der Waals surface area contributed by atoms with Crippen molar-refractivity contribution >= 4 is 41.5 Å². The molecule has 1 fully saturated rings. The third-order valence-electron chi connectivity index (χ3n) is 7.03. The average molecular weight is 665 g/mol. The van der Waals surface area contributed by atoms with E-state index in [0.29, 0.717) is 4.90 Å². The van der Waals surface area contributed by atoms with Gasteiger partial charge in [0.15, 0.2) is 6.29 Å². The number of aliphatic hydroxyl groups excluding tert-OH is 3. The second kappa shape index (κ2) is 18.4. The number of carboxylic acid groups (broad SMARTS) is 1. The molecule has 1 rings (SSSR count). The number of hydrogen-bond acceptors (Lipinski definition) is 15. The van der Waals surface area contributed by atoms with Gasteiger partial charge in [0.2, 0.25) is 17.7 Å². The summed E-state index contributed by atoms with van der Waals surface area (Å²) in [5.41, 5.74) is 21.5. The van der Waals surface area contributed by atoms with Crippen molar-refractivity contribution in [1.29, 1.82) is 0 Å². The summed E-state index contributed by atoms with van der Waals surface area (Å²) >= 11 is 0. The summed E-state index contributed by atoms with van der Waals surface area (Å²) < 4.78 is 15.6. The molecule has 0 aromatic carbocycles.